The molecule has 1 amide bonds. The summed E-state index contributed by atoms with van der Waals surface area (Å²) in [6, 6.07) is 0. The lowest BCUT2D eigenvalue weighted by Crippen LogP contribution is -2.62. The molecule has 0 bridgehead atoms. The molecule has 11 nitrogen and oxygen atoms in total. The largest absolute Gasteiger partial charge is 0.377 e. The van der Waals surface area contributed by atoms with Crippen LogP contribution in [0.25, 0.3) is 0 Å². The maximum absolute atomic E-state index is 11.9. The van der Waals surface area contributed by atoms with E-state index in [4.69, 9.17) is 15.0 Å². The molecule has 23 heavy (non-hydrogen) atoms. The van der Waals surface area contributed by atoms with Gasteiger partial charge in [0, 0.05) is 0 Å². The molecule has 0 unspecified atom stereocenters. The van der Waals surface area contributed by atoms with Crippen molar-refractivity contribution in [2.24, 2.45) is 0 Å². The zero-order chi connectivity index (χ0) is 16.1. The summed E-state index contributed by atoms with van der Waals surface area (Å²) in [4.78, 5) is 24.9. The van der Waals surface area contributed by atoms with Crippen LogP contribution < -0.4 is 20.9 Å². The number of nitrogen functional groups attached to an aromatic ring is 1. The topological polar surface area (TPSA) is 136 Å². The molecule has 3 heterocycles. The molecule has 0 saturated carbocycles. The van der Waals surface area contributed by atoms with Crippen molar-refractivity contribution < 1.29 is 18.8 Å². The van der Waals surface area contributed by atoms with E-state index in [1.807, 2.05) is 5.01 Å². The second-order valence-electron chi connectivity index (χ2n) is 4.52. The molecule has 1 fully saturated rings. The quantitative estimate of drug-likeness (QED) is 0.485. The van der Waals surface area contributed by atoms with Crippen LogP contribution in [0.1, 0.15) is 0 Å². The van der Waals surface area contributed by atoms with Crippen molar-refractivity contribution in [3.63, 3.8) is 0 Å². The minimum Gasteiger partial charge on any atom is -0.377 e. The van der Waals surface area contributed by atoms with Gasteiger partial charge in [0.1, 0.15) is 6.33 Å². The van der Waals surface area contributed by atoms with Crippen LogP contribution in [0.4, 0.5) is 11.8 Å². The number of nitrogens with two attached hydrogens (primary N) is 1. The molecule has 3 rings (SSSR count). The molecule has 1 saturated heterocycles. The number of morpholine rings is 1. The van der Waals surface area contributed by atoms with Crippen LogP contribution in [-0.4, -0.2) is 58.2 Å². The van der Waals surface area contributed by atoms with Crippen LogP contribution in [0.2, 0.25) is 0 Å². The van der Waals surface area contributed by atoms with E-state index in [0.717, 1.165) is 11.8 Å². The maximum atomic E-state index is 11.9. The van der Waals surface area contributed by atoms with Gasteiger partial charge in [-0.05, 0) is 0 Å². The molecular weight excluding hydrogens is 324 g/mol. The number of amides is 1. The molecule has 0 spiro atoms. The molecule has 0 aromatic carbocycles. The highest BCUT2D eigenvalue weighted by atomic mass is 32.2. The number of hydrogen-bond donors (Lipinski definition) is 2. The van der Waals surface area contributed by atoms with Gasteiger partial charge in [-0.15, -0.1) is 5.01 Å². The predicted molar refractivity (Wildman–Crippen MR) is 79.1 cm³/mol. The van der Waals surface area contributed by atoms with E-state index in [0.29, 0.717) is 31.5 Å². The number of thioether (sulfide) groups is 1. The van der Waals surface area contributed by atoms with E-state index in [1.54, 1.807) is 11.0 Å². The van der Waals surface area contributed by atoms with Gasteiger partial charge in [0.05, 0.1) is 36.8 Å². The van der Waals surface area contributed by atoms with Crippen molar-refractivity contribution >= 4 is 29.5 Å². The average Bonchev–Trinajstić information content (AvgIpc) is 3.02. The Morgan fingerprint density at radius 3 is 3.04 bits per heavy atom. The maximum Gasteiger partial charge on any atom is 0.305 e. The summed E-state index contributed by atoms with van der Waals surface area (Å²) in [5.74, 6) is 0.225. The molecule has 1 aliphatic heterocycles. The van der Waals surface area contributed by atoms with Gasteiger partial charge in [0.25, 0.3) is 6.20 Å². The smallest absolute Gasteiger partial charge is 0.305 e. The van der Waals surface area contributed by atoms with Crippen LogP contribution >= 0.6 is 11.8 Å². The zero-order valence-electron chi connectivity index (χ0n) is 12.1. The Kier molecular flexibility index (Phi) is 4.83. The molecule has 12 heteroatoms. The first-order valence-corrected chi connectivity index (χ1v) is 7.78. The van der Waals surface area contributed by atoms with Crippen molar-refractivity contribution in [2.45, 2.75) is 5.16 Å². The molecule has 122 valence electrons. The number of nitrogens with one attached hydrogen (secondary N) is 1. The lowest BCUT2D eigenvalue weighted by molar-refractivity contribution is -0.759. The van der Waals surface area contributed by atoms with Crippen LogP contribution in [0.3, 0.4) is 0 Å². The molecule has 0 radical (unpaired) electrons. The number of nitrogens with zero attached hydrogens (tertiary/aromatic N) is 6. The second kappa shape index (κ2) is 7.19. The number of carbonyl (C=O) groups excluding carboxylic acids is 1. The summed E-state index contributed by atoms with van der Waals surface area (Å²) < 4.78 is 10.4. The van der Waals surface area contributed by atoms with Crippen molar-refractivity contribution in [3.8, 4) is 0 Å². The Morgan fingerprint density at radius 1 is 1.43 bits per heavy atom. The second-order valence-corrected chi connectivity index (χ2v) is 5.46. The Hall–Kier alpha value is -2.47. The molecule has 2 aromatic heterocycles. The first-order chi connectivity index (χ1) is 11.2. The lowest BCUT2D eigenvalue weighted by atomic mass is 10.5. The first-order valence-electron chi connectivity index (χ1n) is 6.79. The molecule has 3 N–H and O–H groups in total. The van der Waals surface area contributed by atoms with Gasteiger partial charge >= 0.3 is 5.88 Å². The van der Waals surface area contributed by atoms with E-state index >= 15 is 0 Å². The van der Waals surface area contributed by atoms with Crippen molar-refractivity contribution in [2.75, 3.05) is 48.1 Å². The molecule has 0 aliphatic carbocycles. The summed E-state index contributed by atoms with van der Waals surface area (Å²) in [6.07, 6.45) is 2.90. The summed E-state index contributed by atoms with van der Waals surface area (Å²) in [7, 11) is 0. The van der Waals surface area contributed by atoms with Gasteiger partial charge in [-0.2, -0.15) is 4.98 Å². The number of carbonyl (C=O) groups is 1. The Morgan fingerprint density at radius 2 is 2.26 bits per heavy atom. The monoisotopic (exact) mass is 339 g/mol. The van der Waals surface area contributed by atoms with E-state index < -0.39 is 0 Å². The fraction of sp³-hybridized carbons (Fsp3) is 0.455. The highest BCUT2D eigenvalue weighted by molar-refractivity contribution is 7.99. The van der Waals surface area contributed by atoms with Gasteiger partial charge in [0.15, 0.2) is 5.16 Å². The highest BCUT2D eigenvalue weighted by Crippen LogP contribution is 2.12. The fourth-order valence-electron chi connectivity index (χ4n) is 1.85. The minimum atomic E-state index is -0.265. The van der Waals surface area contributed by atoms with E-state index in [-0.39, 0.29) is 23.5 Å². The normalized spacial score (nSPS) is 14.7. The SMILES string of the molecule is Nc1ncnc(SCC(=O)Nc2c[n+](N3CCOCC3)no2)n1. The summed E-state index contributed by atoms with van der Waals surface area (Å²) in [5.41, 5.74) is 5.45. The van der Waals surface area contributed by atoms with Crippen LogP contribution in [0.15, 0.2) is 22.2 Å². The lowest BCUT2D eigenvalue weighted by Gasteiger charge is -2.18. The molecule has 0 atom stereocenters. The number of hydrogen-bond acceptors (Lipinski definition) is 10. The fourth-order valence-corrected chi connectivity index (χ4v) is 2.46. The van der Waals surface area contributed by atoms with Crippen LogP contribution in [0.5, 0.6) is 0 Å². The Balaban J connectivity index is 1.50. The van der Waals surface area contributed by atoms with Gasteiger partial charge in [-0.25, -0.2) is 9.97 Å². The van der Waals surface area contributed by atoms with E-state index in [2.05, 4.69) is 25.5 Å². The molecule has 2 aromatic rings. The van der Waals surface area contributed by atoms with E-state index in [1.165, 1.54) is 6.33 Å². The minimum absolute atomic E-state index is 0.113. The third-order valence-corrected chi connectivity index (χ3v) is 3.76. The van der Waals surface area contributed by atoms with Gasteiger partial charge in [-0.1, -0.05) is 11.8 Å². The standard InChI is InChI=1S/C11H14N8O3S/c12-10-13-7-14-11(16-10)23-6-8(20)15-9-5-19(17-22-9)18-1-3-21-4-2-18/h5,7H,1-4,6H2,(H2-,12,13,14,15,16,17,20)/p+1. The van der Waals surface area contributed by atoms with Crippen molar-refractivity contribution in [1.29, 1.82) is 0 Å². The van der Waals surface area contributed by atoms with Crippen LogP contribution in [-0.2, 0) is 9.53 Å². The average molecular weight is 339 g/mol. The Labute approximate surface area is 135 Å². The van der Waals surface area contributed by atoms with Gasteiger partial charge in [-0.3, -0.25) is 14.6 Å². The third-order valence-electron chi connectivity index (χ3n) is 2.90. The van der Waals surface area contributed by atoms with E-state index in [9.17, 15) is 4.79 Å². The Bertz CT molecular complexity index is 675. The van der Waals surface area contributed by atoms with Gasteiger partial charge in [0.2, 0.25) is 17.1 Å². The summed E-state index contributed by atoms with van der Waals surface area (Å²) in [5, 5.41) is 8.81. The third kappa shape index (κ3) is 4.26. The number of ether oxygens (including phenoxy) is 1. The summed E-state index contributed by atoms with van der Waals surface area (Å²) in [6.45, 7) is 2.68. The van der Waals surface area contributed by atoms with Gasteiger partial charge < -0.3 is 10.5 Å². The zero-order valence-corrected chi connectivity index (χ0v) is 12.9. The molecular formula is C11H15N8O3S+. The van der Waals surface area contributed by atoms with Crippen LogP contribution in [0, 0.1) is 0 Å². The highest BCUT2D eigenvalue weighted by Gasteiger charge is 2.23. The first kappa shape index (κ1) is 15.4. The van der Waals surface area contributed by atoms with Crippen molar-refractivity contribution in [3.05, 3.63) is 12.5 Å². The predicted octanol–water partition coefficient (Wildman–Crippen LogP) is -1.57. The number of anilines is 2. The summed E-state index contributed by atoms with van der Waals surface area (Å²) >= 11 is 1.15. The number of aromatic nitrogens is 5. The van der Waals surface area contributed by atoms with Crippen molar-refractivity contribution in [1.82, 2.24) is 20.2 Å². The molecule has 1 aliphatic rings. The number of rotatable bonds is 5.